The first-order valence-corrected chi connectivity index (χ1v) is 9.73. The van der Waals surface area contributed by atoms with E-state index in [2.05, 4.69) is 91.3 Å². The monoisotopic (exact) mass is 408 g/mol. The lowest BCUT2D eigenvalue weighted by Crippen LogP contribution is -2.22. The van der Waals surface area contributed by atoms with Gasteiger partial charge in [-0.3, -0.25) is 4.40 Å². The number of halogens is 1. The average Bonchev–Trinajstić information content (AvgIpc) is 3.01. The van der Waals surface area contributed by atoms with Gasteiger partial charge < -0.3 is 4.74 Å². The standard InChI is InChI=1S/C22H21BrN2O/c1-12-9-14-13(7-6-8-17(14)23)20-24-18-10-15-16(11-19(18)25(12)20)22(4,5)26-21(15,2)3/h6-11H,1-5H3. The van der Waals surface area contributed by atoms with Gasteiger partial charge in [0.15, 0.2) is 0 Å². The highest BCUT2D eigenvalue weighted by atomic mass is 79.9. The van der Waals surface area contributed by atoms with Crippen LogP contribution in [0.4, 0.5) is 0 Å². The van der Waals surface area contributed by atoms with Crippen molar-refractivity contribution in [2.24, 2.45) is 0 Å². The van der Waals surface area contributed by atoms with Gasteiger partial charge in [0, 0.05) is 20.9 Å². The van der Waals surface area contributed by atoms with Crippen molar-refractivity contribution in [3.8, 4) is 0 Å². The molecule has 5 rings (SSSR count). The fraction of sp³-hybridized carbons (Fsp3) is 0.318. The molecule has 0 saturated carbocycles. The second-order valence-corrected chi connectivity index (χ2v) is 9.12. The molecule has 3 nitrogen and oxygen atoms in total. The van der Waals surface area contributed by atoms with Gasteiger partial charge in [0.05, 0.1) is 22.2 Å². The third kappa shape index (κ3) is 2.00. The van der Waals surface area contributed by atoms with Gasteiger partial charge in [-0.05, 0) is 70.0 Å². The van der Waals surface area contributed by atoms with Gasteiger partial charge in [0.2, 0.25) is 0 Å². The summed E-state index contributed by atoms with van der Waals surface area (Å²) in [6, 6.07) is 13.0. The molecule has 0 saturated heterocycles. The number of hydrogen-bond donors (Lipinski definition) is 0. The van der Waals surface area contributed by atoms with Crippen LogP contribution in [0, 0.1) is 6.92 Å². The Morgan fingerprint density at radius 3 is 2.38 bits per heavy atom. The number of pyridine rings is 1. The van der Waals surface area contributed by atoms with Gasteiger partial charge in [-0.1, -0.05) is 28.1 Å². The lowest BCUT2D eigenvalue weighted by molar-refractivity contribution is -0.105. The zero-order chi connectivity index (χ0) is 18.4. The van der Waals surface area contributed by atoms with Gasteiger partial charge in [0.25, 0.3) is 0 Å². The molecule has 0 spiro atoms. The predicted molar refractivity (Wildman–Crippen MR) is 110 cm³/mol. The number of hydrogen-bond acceptors (Lipinski definition) is 2. The van der Waals surface area contributed by atoms with E-state index in [1.54, 1.807) is 0 Å². The first kappa shape index (κ1) is 16.3. The molecule has 132 valence electrons. The Morgan fingerprint density at radius 1 is 0.962 bits per heavy atom. The summed E-state index contributed by atoms with van der Waals surface area (Å²) >= 11 is 3.68. The quantitative estimate of drug-likeness (QED) is 0.345. The Balaban J connectivity index is 1.97. The first-order chi connectivity index (χ1) is 12.2. The number of ether oxygens (including phenoxy) is 1. The van der Waals surface area contributed by atoms with E-state index >= 15 is 0 Å². The van der Waals surface area contributed by atoms with Crippen molar-refractivity contribution in [3.05, 3.63) is 57.7 Å². The van der Waals surface area contributed by atoms with Crippen LogP contribution in [-0.2, 0) is 15.9 Å². The third-order valence-electron chi connectivity index (χ3n) is 5.60. The number of fused-ring (bicyclic) bond motifs is 6. The van der Waals surface area contributed by atoms with Crippen LogP contribution in [0.1, 0.15) is 44.5 Å². The molecule has 2 aromatic heterocycles. The maximum absolute atomic E-state index is 6.33. The zero-order valence-electron chi connectivity index (χ0n) is 15.6. The topological polar surface area (TPSA) is 26.5 Å². The maximum Gasteiger partial charge on any atom is 0.146 e. The van der Waals surface area contributed by atoms with E-state index in [4.69, 9.17) is 9.72 Å². The molecule has 2 aromatic carbocycles. The number of nitrogens with zero attached hydrogens (tertiary/aromatic N) is 2. The van der Waals surface area contributed by atoms with Crippen molar-refractivity contribution >= 4 is 43.4 Å². The smallest absolute Gasteiger partial charge is 0.146 e. The second-order valence-electron chi connectivity index (χ2n) is 8.27. The molecule has 0 bridgehead atoms. The van der Waals surface area contributed by atoms with Crippen molar-refractivity contribution in [1.82, 2.24) is 9.38 Å². The van der Waals surface area contributed by atoms with E-state index in [1.165, 1.54) is 22.2 Å². The SMILES string of the molecule is Cc1cc2c(Br)cccc2c2nc3cc4c(cc3n12)C(C)(C)OC4(C)C. The number of imidazole rings is 1. The molecule has 4 aromatic rings. The van der Waals surface area contributed by atoms with Gasteiger partial charge in [-0.15, -0.1) is 0 Å². The summed E-state index contributed by atoms with van der Waals surface area (Å²) in [6.07, 6.45) is 0. The molecule has 0 fully saturated rings. The van der Waals surface area contributed by atoms with E-state index in [9.17, 15) is 0 Å². The minimum atomic E-state index is -0.303. The Kier molecular flexibility index (Phi) is 3.05. The minimum Gasteiger partial charge on any atom is -0.360 e. The summed E-state index contributed by atoms with van der Waals surface area (Å²) in [4.78, 5) is 5.02. The van der Waals surface area contributed by atoms with E-state index < -0.39 is 0 Å². The summed E-state index contributed by atoms with van der Waals surface area (Å²) in [5.74, 6) is 0. The number of aromatic nitrogens is 2. The van der Waals surface area contributed by atoms with E-state index in [0.717, 1.165) is 26.5 Å². The lowest BCUT2D eigenvalue weighted by Gasteiger charge is -2.24. The summed E-state index contributed by atoms with van der Waals surface area (Å²) < 4.78 is 9.70. The van der Waals surface area contributed by atoms with Crippen molar-refractivity contribution in [2.75, 3.05) is 0 Å². The van der Waals surface area contributed by atoms with Crippen LogP contribution >= 0.6 is 15.9 Å². The maximum atomic E-state index is 6.33. The van der Waals surface area contributed by atoms with Crippen LogP contribution in [-0.4, -0.2) is 9.38 Å². The molecule has 0 atom stereocenters. The summed E-state index contributed by atoms with van der Waals surface area (Å²) in [5, 5.41) is 2.36. The van der Waals surface area contributed by atoms with Crippen LogP contribution in [0.2, 0.25) is 0 Å². The van der Waals surface area contributed by atoms with Crippen LogP contribution in [0.25, 0.3) is 27.5 Å². The molecule has 0 amide bonds. The Bertz CT molecular complexity index is 1230. The Morgan fingerprint density at radius 2 is 1.65 bits per heavy atom. The highest BCUT2D eigenvalue weighted by Gasteiger charge is 2.43. The molecule has 0 radical (unpaired) electrons. The molecule has 4 heteroatoms. The number of benzene rings is 2. The van der Waals surface area contributed by atoms with Crippen molar-refractivity contribution in [1.29, 1.82) is 0 Å². The highest BCUT2D eigenvalue weighted by Crippen LogP contribution is 2.48. The molecule has 0 unspecified atom stereocenters. The molecule has 3 heterocycles. The molecule has 0 N–H and O–H groups in total. The molecule has 1 aliphatic rings. The summed E-state index contributed by atoms with van der Waals surface area (Å²) in [6.45, 7) is 10.7. The van der Waals surface area contributed by atoms with Crippen LogP contribution < -0.4 is 0 Å². The van der Waals surface area contributed by atoms with Gasteiger partial charge >= 0.3 is 0 Å². The van der Waals surface area contributed by atoms with Gasteiger partial charge in [-0.25, -0.2) is 4.98 Å². The van der Waals surface area contributed by atoms with Crippen molar-refractivity contribution in [3.63, 3.8) is 0 Å². The largest absolute Gasteiger partial charge is 0.360 e. The Labute approximate surface area is 161 Å². The van der Waals surface area contributed by atoms with Crippen molar-refractivity contribution < 1.29 is 4.74 Å². The predicted octanol–water partition coefficient (Wildman–Crippen LogP) is 6.21. The van der Waals surface area contributed by atoms with E-state index in [1.807, 2.05) is 0 Å². The zero-order valence-corrected chi connectivity index (χ0v) is 17.2. The fourth-order valence-corrected chi connectivity index (χ4v) is 5.04. The normalized spacial score (nSPS) is 18.1. The second kappa shape index (κ2) is 4.87. The fourth-order valence-electron chi connectivity index (χ4n) is 4.56. The van der Waals surface area contributed by atoms with E-state index in [0.29, 0.717) is 0 Å². The molecule has 26 heavy (non-hydrogen) atoms. The van der Waals surface area contributed by atoms with Gasteiger partial charge in [-0.2, -0.15) is 0 Å². The summed E-state index contributed by atoms with van der Waals surface area (Å²) in [7, 11) is 0. The van der Waals surface area contributed by atoms with Crippen LogP contribution in [0.5, 0.6) is 0 Å². The first-order valence-electron chi connectivity index (χ1n) is 8.94. The molecular formula is C22H21BrN2O. The minimum absolute atomic E-state index is 0.301. The van der Waals surface area contributed by atoms with Crippen LogP contribution in [0.15, 0.2) is 40.9 Å². The van der Waals surface area contributed by atoms with E-state index in [-0.39, 0.29) is 11.2 Å². The molecule has 0 aliphatic carbocycles. The average molecular weight is 409 g/mol. The lowest BCUT2D eigenvalue weighted by atomic mass is 9.90. The summed E-state index contributed by atoms with van der Waals surface area (Å²) in [5.41, 5.74) is 6.25. The van der Waals surface area contributed by atoms with Gasteiger partial charge in [0.1, 0.15) is 5.65 Å². The third-order valence-corrected chi connectivity index (χ3v) is 6.29. The highest BCUT2D eigenvalue weighted by molar-refractivity contribution is 9.10. The van der Waals surface area contributed by atoms with Crippen LogP contribution in [0.3, 0.4) is 0 Å². The number of aryl methyl sites for hydroxylation is 1. The Hall–Kier alpha value is -1.91. The molecular weight excluding hydrogens is 388 g/mol. The number of rotatable bonds is 0. The molecule has 1 aliphatic heterocycles. The van der Waals surface area contributed by atoms with Crippen molar-refractivity contribution in [2.45, 2.75) is 45.8 Å².